The molecule has 0 spiro atoms. The topological polar surface area (TPSA) is 58.6 Å². The monoisotopic (exact) mass is 408 g/mol. The number of ether oxygens (including phenoxy) is 1. The van der Waals surface area contributed by atoms with Crippen molar-refractivity contribution in [1.29, 1.82) is 0 Å². The average Bonchev–Trinajstić information content (AvgIpc) is 3.07. The summed E-state index contributed by atoms with van der Waals surface area (Å²) in [4.78, 5) is 26.5. The maximum atomic E-state index is 12.8. The number of alkyl halides is 2. The van der Waals surface area contributed by atoms with E-state index in [1.165, 1.54) is 12.1 Å². The Hall–Kier alpha value is -2.67. The molecule has 1 unspecified atom stereocenters. The van der Waals surface area contributed by atoms with Gasteiger partial charge in [0.25, 0.3) is 5.91 Å². The van der Waals surface area contributed by atoms with Gasteiger partial charge in [-0.1, -0.05) is 23.7 Å². The van der Waals surface area contributed by atoms with E-state index in [1.54, 1.807) is 42.2 Å². The van der Waals surface area contributed by atoms with Crippen LogP contribution in [0, 0.1) is 0 Å². The van der Waals surface area contributed by atoms with Crippen LogP contribution in [-0.4, -0.2) is 25.0 Å². The lowest BCUT2D eigenvalue weighted by molar-refractivity contribution is -0.117. The number of carbonyl (C=O) groups is 2. The van der Waals surface area contributed by atoms with Gasteiger partial charge in [0.15, 0.2) is 0 Å². The highest BCUT2D eigenvalue weighted by Crippen LogP contribution is 2.29. The molecule has 2 amide bonds. The summed E-state index contributed by atoms with van der Waals surface area (Å²) in [5, 5.41) is 3.26. The minimum Gasteiger partial charge on any atom is -0.435 e. The van der Waals surface area contributed by atoms with Gasteiger partial charge in [0.2, 0.25) is 5.91 Å². The van der Waals surface area contributed by atoms with Gasteiger partial charge in [-0.05, 0) is 49.2 Å². The summed E-state index contributed by atoms with van der Waals surface area (Å²) in [6.45, 7) is -0.660. The number of hydrogen-bond acceptors (Lipinski definition) is 3. The fourth-order valence-electron chi connectivity index (χ4n) is 3.14. The first-order valence-corrected chi connectivity index (χ1v) is 9.18. The lowest BCUT2D eigenvalue weighted by atomic mass is 10.1. The summed E-state index contributed by atoms with van der Waals surface area (Å²) in [6, 6.07) is 10.4. The van der Waals surface area contributed by atoms with Crippen LogP contribution < -0.4 is 15.0 Å². The highest BCUT2D eigenvalue weighted by Gasteiger charge is 2.26. The molecule has 1 heterocycles. The number of amides is 2. The van der Waals surface area contributed by atoms with E-state index in [0.717, 1.165) is 6.42 Å². The van der Waals surface area contributed by atoms with Crippen molar-refractivity contribution in [2.24, 2.45) is 0 Å². The molecule has 0 radical (unpaired) electrons. The van der Waals surface area contributed by atoms with Crippen LogP contribution in [0.3, 0.4) is 0 Å². The Balaban J connectivity index is 1.80. The molecule has 2 aromatic rings. The number of hydrogen-bond donors (Lipinski definition) is 1. The second kappa shape index (κ2) is 8.56. The number of anilines is 1. The molecule has 28 heavy (non-hydrogen) atoms. The molecule has 0 aliphatic carbocycles. The smallest absolute Gasteiger partial charge is 0.387 e. The third-order valence-electron chi connectivity index (χ3n) is 4.50. The second-order valence-electron chi connectivity index (χ2n) is 6.46. The lowest BCUT2D eigenvalue weighted by Crippen LogP contribution is -2.31. The van der Waals surface area contributed by atoms with Crippen LogP contribution in [-0.2, 0) is 4.79 Å². The van der Waals surface area contributed by atoms with Crippen LogP contribution in [0.4, 0.5) is 14.5 Å². The SMILES string of the molecule is CC(NC(=O)c1ccc(Cl)cc1N1CCCC1=O)c1cccc(OC(F)F)c1. The number of halogens is 3. The first-order chi connectivity index (χ1) is 13.3. The first kappa shape index (κ1) is 20.1. The predicted molar refractivity (Wildman–Crippen MR) is 102 cm³/mol. The zero-order chi connectivity index (χ0) is 20.3. The van der Waals surface area contributed by atoms with E-state index >= 15 is 0 Å². The summed E-state index contributed by atoms with van der Waals surface area (Å²) in [5.41, 5.74) is 1.40. The number of benzene rings is 2. The summed E-state index contributed by atoms with van der Waals surface area (Å²) >= 11 is 6.06. The van der Waals surface area contributed by atoms with E-state index < -0.39 is 12.7 Å². The molecule has 3 rings (SSSR count). The van der Waals surface area contributed by atoms with Crippen molar-refractivity contribution in [1.82, 2.24) is 5.32 Å². The molecule has 1 atom stereocenters. The molecule has 0 saturated carbocycles. The minimum atomic E-state index is -2.92. The van der Waals surface area contributed by atoms with Gasteiger partial charge in [-0.15, -0.1) is 0 Å². The molecule has 1 aliphatic rings. The van der Waals surface area contributed by atoms with Gasteiger partial charge in [0.05, 0.1) is 17.3 Å². The normalized spacial score (nSPS) is 15.0. The third-order valence-corrected chi connectivity index (χ3v) is 4.73. The number of nitrogens with one attached hydrogen (secondary N) is 1. The Kier molecular flexibility index (Phi) is 6.14. The Morgan fingerprint density at radius 2 is 2.04 bits per heavy atom. The summed E-state index contributed by atoms with van der Waals surface area (Å²) < 4.78 is 29.2. The molecule has 1 saturated heterocycles. The van der Waals surface area contributed by atoms with E-state index in [4.69, 9.17) is 11.6 Å². The van der Waals surface area contributed by atoms with Crippen molar-refractivity contribution < 1.29 is 23.1 Å². The maximum Gasteiger partial charge on any atom is 0.387 e. The molecule has 2 aromatic carbocycles. The van der Waals surface area contributed by atoms with E-state index in [1.807, 2.05) is 0 Å². The van der Waals surface area contributed by atoms with Crippen LogP contribution in [0.25, 0.3) is 0 Å². The zero-order valence-corrected chi connectivity index (χ0v) is 15.9. The van der Waals surface area contributed by atoms with Crippen LogP contribution in [0.15, 0.2) is 42.5 Å². The van der Waals surface area contributed by atoms with Gasteiger partial charge in [-0.3, -0.25) is 9.59 Å². The van der Waals surface area contributed by atoms with Crippen molar-refractivity contribution in [3.8, 4) is 5.75 Å². The molecule has 0 bridgehead atoms. The molecule has 1 N–H and O–H groups in total. The lowest BCUT2D eigenvalue weighted by Gasteiger charge is -2.21. The van der Waals surface area contributed by atoms with Crippen LogP contribution in [0.1, 0.15) is 41.7 Å². The second-order valence-corrected chi connectivity index (χ2v) is 6.89. The van der Waals surface area contributed by atoms with Crippen LogP contribution in [0.2, 0.25) is 5.02 Å². The Bertz CT molecular complexity index is 892. The van der Waals surface area contributed by atoms with Gasteiger partial charge in [0, 0.05) is 18.0 Å². The van der Waals surface area contributed by atoms with E-state index in [9.17, 15) is 18.4 Å². The molecule has 0 aromatic heterocycles. The minimum absolute atomic E-state index is 0.0171. The van der Waals surface area contributed by atoms with Gasteiger partial charge in [-0.2, -0.15) is 8.78 Å². The third kappa shape index (κ3) is 4.59. The van der Waals surface area contributed by atoms with Crippen molar-refractivity contribution in [2.45, 2.75) is 32.4 Å². The zero-order valence-electron chi connectivity index (χ0n) is 15.1. The van der Waals surface area contributed by atoms with E-state index in [0.29, 0.717) is 34.8 Å². The van der Waals surface area contributed by atoms with Gasteiger partial charge in [-0.25, -0.2) is 0 Å². The number of carbonyl (C=O) groups excluding carboxylic acids is 2. The van der Waals surface area contributed by atoms with Gasteiger partial charge in [0.1, 0.15) is 5.75 Å². The molecular formula is C20H19ClF2N2O3. The molecule has 148 valence electrons. The van der Waals surface area contributed by atoms with Crippen LogP contribution >= 0.6 is 11.6 Å². The largest absolute Gasteiger partial charge is 0.435 e. The Morgan fingerprint density at radius 1 is 1.25 bits per heavy atom. The molecular weight excluding hydrogens is 390 g/mol. The Labute approximate surface area is 166 Å². The molecule has 1 fully saturated rings. The fourth-order valence-corrected chi connectivity index (χ4v) is 3.31. The summed E-state index contributed by atoms with van der Waals surface area (Å²) in [7, 11) is 0. The van der Waals surface area contributed by atoms with Crippen LogP contribution in [0.5, 0.6) is 5.75 Å². The Morgan fingerprint density at radius 3 is 2.71 bits per heavy atom. The van der Waals surface area contributed by atoms with Crippen molar-refractivity contribution in [2.75, 3.05) is 11.4 Å². The number of nitrogens with zero attached hydrogens (tertiary/aromatic N) is 1. The highest BCUT2D eigenvalue weighted by molar-refractivity contribution is 6.31. The van der Waals surface area contributed by atoms with Gasteiger partial charge < -0.3 is 15.0 Å². The fraction of sp³-hybridized carbons (Fsp3) is 0.300. The maximum absolute atomic E-state index is 12.8. The van der Waals surface area contributed by atoms with Crippen molar-refractivity contribution in [3.63, 3.8) is 0 Å². The predicted octanol–water partition coefficient (Wildman–Crippen LogP) is 4.56. The van der Waals surface area contributed by atoms with Crippen molar-refractivity contribution in [3.05, 3.63) is 58.6 Å². The summed E-state index contributed by atoms with van der Waals surface area (Å²) in [5.74, 6) is -0.427. The first-order valence-electron chi connectivity index (χ1n) is 8.80. The molecule has 1 aliphatic heterocycles. The number of rotatable bonds is 6. The molecule has 5 nitrogen and oxygen atoms in total. The van der Waals surface area contributed by atoms with E-state index in [2.05, 4.69) is 10.1 Å². The standard InChI is InChI=1S/C20H19ClF2N2O3/c1-12(13-4-2-5-15(10-13)28-20(22)23)24-19(27)16-8-7-14(21)11-17(16)25-9-3-6-18(25)26/h2,4-5,7-8,10-12,20H,3,6,9H2,1H3,(H,24,27). The summed E-state index contributed by atoms with van der Waals surface area (Å²) in [6.07, 6.45) is 1.15. The average molecular weight is 409 g/mol. The molecule has 8 heteroatoms. The van der Waals surface area contributed by atoms with Gasteiger partial charge >= 0.3 is 6.61 Å². The van der Waals surface area contributed by atoms with Crippen molar-refractivity contribution >= 4 is 29.1 Å². The quantitative estimate of drug-likeness (QED) is 0.762. The highest BCUT2D eigenvalue weighted by atomic mass is 35.5. The van der Waals surface area contributed by atoms with E-state index in [-0.39, 0.29) is 17.6 Å².